The van der Waals surface area contributed by atoms with Crippen LogP contribution in [0.2, 0.25) is 0 Å². The molecule has 6 nitrogen and oxygen atoms in total. The van der Waals surface area contributed by atoms with Crippen LogP contribution in [0.3, 0.4) is 0 Å². The minimum absolute atomic E-state index is 0.0947. The van der Waals surface area contributed by atoms with Crippen molar-refractivity contribution in [1.82, 2.24) is 5.32 Å². The van der Waals surface area contributed by atoms with Crippen LogP contribution >= 0.6 is 0 Å². The number of anilines is 1. The highest BCUT2D eigenvalue weighted by Gasteiger charge is 2.14. The fourth-order valence-electron chi connectivity index (χ4n) is 2.36. The van der Waals surface area contributed by atoms with Gasteiger partial charge in [-0.15, -0.1) is 0 Å². The first-order valence-electron chi connectivity index (χ1n) is 7.91. The van der Waals surface area contributed by atoms with E-state index in [1.807, 2.05) is 19.9 Å². The van der Waals surface area contributed by atoms with E-state index in [0.717, 1.165) is 5.56 Å². The van der Waals surface area contributed by atoms with Gasteiger partial charge in [-0.3, -0.25) is 0 Å². The van der Waals surface area contributed by atoms with Gasteiger partial charge in [0, 0.05) is 12.6 Å². The third kappa shape index (κ3) is 4.32. The molecule has 7 heteroatoms. The summed E-state index contributed by atoms with van der Waals surface area (Å²) >= 11 is 0. The average molecular weight is 346 g/mol. The van der Waals surface area contributed by atoms with Crippen LogP contribution in [0, 0.1) is 5.82 Å². The van der Waals surface area contributed by atoms with Gasteiger partial charge in [0.15, 0.2) is 11.5 Å². The summed E-state index contributed by atoms with van der Waals surface area (Å²) in [5, 5.41) is 5.32. The molecule has 3 rings (SSSR count). The number of urea groups is 1. The number of hydrogen-bond acceptors (Lipinski definition) is 4. The number of rotatable bonds is 5. The minimum Gasteiger partial charge on any atom is -0.489 e. The topological polar surface area (TPSA) is 68.8 Å². The summed E-state index contributed by atoms with van der Waals surface area (Å²) in [4.78, 5) is 12.1. The van der Waals surface area contributed by atoms with Crippen LogP contribution in [0.4, 0.5) is 14.9 Å². The molecule has 132 valence electrons. The van der Waals surface area contributed by atoms with E-state index in [1.165, 1.54) is 18.2 Å². The number of carbonyl (C=O) groups is 1. The van der Waals surface area contributed by atoms with E-state index >= 15 is 0 Å². The van der Waals surface area contributed by atoms with Gasteiger partial charge in [0.05, 0.1) is 11.8 Å². The van der Waals surface area contributed by atoms with Crippen LogP contribution in [0.15, 0.2) is 36.4 Å². The lowest BCUT2D eigenvalue weighted by Crippen LogP contribution is -2.28. The van der Waals surface area contributed by atoms with Crippen molar-refractivity contribution in [2.24, 2.45) is 0 Å². The number of hydrogen-bond donors (Lipinski definition) is 2. The maximum absolute atomic E-state index is 13.5. The molecular formula is C18H19FN2O4. The molecule has 1 aliphatic rings. The lowest BCUT2D eigenvalue weighted by Gasteiger charge is -2.15. The molecule has 0 radical (unpaired) electrons. The van der Waals surface area contributed by atoms with E-state index in [4.69, 9.17) is 14.2 Å². The van der Waals surface area contributed by atoms with E-state index in [0.29, 0.717) is 17.2 Å². The van der Waals surface area contributed by atoms with Crippen molar-refractivity contribution in [3.05, 3.63) is 47.8 Å². The van der Waals surface area contributed by atoms with E-state index in [1.54, 1.807) is 12.1 Å². The summed E-state index contributed by atoms with van der Waals surface area (Å²) in [6.45, 7) is 4.20. The Balaban J connectivity index is 1.62. The smallest absolute Gasteiger partial charge is 0.319 e. The van der Waals surface area contributed by atoms with Crippen molar-refractivity contribution >= 4 is 11.7 Å². The molecule has 0 atom stereocenters. The van der Waals surface area contributed by atoms with Gasteiger partial charge in [-0.2, -0.15) is 0 Å². The second kappa shape index (κ2) is 7.29. The maximum atomic E-state index is 13.5. The largest absolute Gasteiger partial charge is 0.489 e. The maximum Gasteiger partial charge on any atom is 0.319 e. The molecule has 0 fully saturated rings. The van der Waals surface area contributed by atoms with Crippen LogP contribution in [-0.4, -0.2) is 18.9 Å². The second-order valence-corrected chi connectivity index (χ2v) is 5.80. The van der Waals surface area contributed by atoms with Gasteiger partial charge < -0.3 is 24.8 Å². The van der Waals surface area contributed by atoms with Gasteiger partial charge in [-0.1, -0.05) is 6.07 Å². The fraction of sp³-hybridized carbons (Fsp3) is 0.278. The normalized spacial score (nSPS) is 12.2. The lowest BCUT2D eigenvalue weighted by atomic mass is 10.2. The molecule has 0 saturated heterocycles. The van der Waals surface area contributed by atoms with Crippen molar-refractivity contribution in [1.29, 1.82) is 0 Å². The van der Waals surface area contributed by atoms with Crippen LogP contribution in [0.25, 0.3) is 0 Å². The number of nitrogens with one attached hydrogen (secondary N) is 2. The number of carbonyl (C=O) groups excluding carboxylic acids is 1. The number of benzene rings is 2. The molecule has 0 saturated carbocycles. The summed E-state index contributed by atoms with van der Waals surface area (Å²) in [7, 11) is 0. The zero-order valence-corrected chi connectivity index (χ0v) is 14.0. The Kier molecular flexibility index (Phi) is 4.92. The van der Waals surface area contributed by atoms with E-state index in [9.17, 15) is 9.18 Å². The van der Waals surface area contributed by atoms with E-state index in [2.05, 4.69) is 10.6 Å². The molecule has 0 bridgehead atoms. The Morgan fingerprint density at radius 3 is 2.80 bits per heavy atom. The summed E-state index contributed by atoms with van der Waals surface area (Å²) in [6.07, 6.45) is -0.0947. The fourth-order valence-corrected chi connectivity index (χ4v) is 2.36. The number of fused-ring (bicyclic) bond motifs is 1. The van der Waals surface area contributed by atoms with Gasteiger partial charge >= 0.3 is 6.03 Å². The SMILES string of the molecule is CC(C)Oc1ccc(F)cc1NC(=O)NCc1ccc2c(c1)OCO2. The first-order valence-corrected chi connectivity index (χ1v) is 7.91. The molecule has 25 heavy (non-hydrogen) atoms. The van der Waals surface area contributed by atoms with Crippen molar-refractivity contribution in [2.45, 2.75) is 26.5 Å². The lowest BCUT2D eigenvalue weighted by molar-refractivity contribution is 0.174. The molecule has 2 aromatic carbocycles. The van der Waals surface area contributed by atoms with E-state index in [-0.39, 0.29) is 25.1 Å². The van der Waals surface area contributed by atoms with Gasteiger partial charge in [0.2, 0.25) is 6.79 Å². The molecule has 0 aliphatic carbocycles. The zero-order chi connectivity index (χ0) is 17.8. The van der Waals surface area contributed by atoms with Crippen molar-refractivity contribution in [3.8, 4) is 17.2 Å². The molecular weight excluding hydrogens is 327 g/mol. The van der Waals surface area contributed by atoms with Crippen LogP contribution in [0.5, 0.6) is 17.2 Å². The molecule has 0 spiro atoms. The summed E-state index contributed by atoms with van der Waals surface area (Å²) in [5.41, 5.74) is 1.13. The number of amides is 2. The summed E-state index contributed by atoms with van der Waals surface area (Å²) in [6, 6.07) is 8.96. The highest BCUT2D eigenvalue weighted by molar-refractivity contribution is 5.90. The highest BCUT2D eigenvalue weighted by atomic mass is 19.1. The zero-order valence-electron chi connectivity index (χ0n) is 14.0. The van der Waals surface area contributed by atoms with Gasteiger partial charge in [0.1, 0.15) is 11.6 Å². The standard InChI is InChI=1S/C18H19FN2O4/c1-11(2)25-15-6-4-13(19)8-14(15)21-18(22)20-9-12-3-5-16-17(7-12)24-10-23-16/h3-8,11H,9-10H2,1-2H3,(H2,20,21,22). The Hall–Kier alpha value is -2.96. The van der Waals surface area contributed by atoms with Gasteiger partial charge in [0.25, 0.3) is 0 Å². The first kappa shape index (κ1) is 16.9. The van der Waals surface area contributed by atoms with Crippen molar-refractivity contribution in [2.75, 3.05) is 12.1 Å². The number of halogens is 1. The highest BCUT2D eigenvalue weighted by Crippen LogP contribution is 2.32. The Morgan fingerprint density at radius 2 is 2.00 bits per heavy atom. The van der Waals surface area contributed by atoms with E-state index < -0.39 is 11.8 Å². The van der Waals surface area contributed by atoms with Crippen LogP contribution < -0.4 is 24.8 Å². The van der Waals surface area contributed by atoms with Crippen molar-refractivity contribution < 1.29 is 23.4 Å². The first-order chi connectivity index (χ1) is 12.0. The monoisotopic (exact) mass is 346 g/mol. The average Bonchev–Trinajstić information content (AvgIpc) is 3.03. The van der Waals surface area contributed by atoms with Gasteiger partial charge in [-0.25, -0.2) is 9.18 Å². The molecule has 2 N–H and O–H groups in total. The Morgan fingerprint density at radius 1 is 1.20 bits per heavy atom. The summed E-state index contributed by atoms with van der Waals surface area (Å²) in [5.74, 6) is 1.29. The molecule has 0 aromatic heterocycles. The van der Waals surface area contributed by atoms with Crippen molar-refractivity contribution in [3.63, 3.8) is 0 Å². The predicted molar refractivity (Wildman–Crippen MR) is 90.6 cm³/mol. The summed E-state index contributed by atoms with van der Waals surface area (Å²) < 4.78 is 29.6. The predicted octanol–water partition coefficient (Wildman–Crippen LogP) is 3.66. The third-order valence-electron chi connectivity index (χ3n) is 3.44. The quantitative estimate of drug-likeness (QED) is 0.867. The molecule has 1 aliphatic heterocycles. The second-order valence-electron chi connectivity index (χ2n) is 5.80. The van der Waals surface area contributed by atoms with Crippen LogP contribution in [0.1, 0.15) is 19.4 Å². The molecule has 1 heterocycles. The molecule has 2 amide bonds. The molecule has 0 unspecified atom stereocenters. The number of ether oxygens (including phenoxy) is 3. The molecule has 2 aromatic rings. The van der Waals surface area contributed by atoms with Gasteiger partial charge in [-0.05, 0) is 43.7 Å². The Labute approximate surface area is 144 Å². The third-order valence-corrected chi connectivity index (χ3v) is 3.44. The van der Waals surface area contributed by atoms with Crippen LogP contribution in [-0.2, 0) is 6.54 Å². The Bertz CT molecular complexity index is 780. The minimum atomic E-state index is -0.461.